The van der Waals surface area contributed by atoms with Gasteiger partial charge in [0.05, 0.1) is 6.61 Å². The maximum atomic E-state index is 11.0. The fourth-order valence-electron chi connectivity index (χ4n) is 1.15. The van der Waals surface area contributed by atoms with Crippen molar-refractivity contribution in [2.45, 2.75) is 40.0 Å². The summed E-state index contributed by atoms with van der Waals surface area (Å²) in [5.74, 6) is -1.25. The van der Waals surface area contributed by atoms with Crippen LogP contribution in [0.3, 0.4) is 0 Å². The molecule has 0 bridgehead atoms. The molecule has 4 heteroatoms. The van der Waals surface area contributed by atoms with Crippen LogP contribution in [0, 0.1) is 0 Å². The van der Waals surface area contributed by atoms with Crippen molar-refractivity contribution in [3.63, 3.8) is 0 Å². The van der Waals surface area contributed by atoms with E-state index >= 15 is 0 Å². The molecule has 0 aromatic rings. The average Bonchev–Trinajstić information content (AvgIpc) is 2.26. The summed E-state index contributed by atoms with van der Waals surface area (Å²) in [4.78, 5) is 21.7. The third-order valence-corrected chi connectivity index (χ3v) is 2.49. The molecule has 0 saturated carbocycles. The number of carboxylic acids is 1. The lowest BCUT2D eigenvalue weighted by Crippen LogP contribution is -2.06. The van der Waals surface area contributed by atoms with Crippen molar-refractivity contribution < 1.29 is 19.4 Å². The summed E-state index contributed by atoms with van der Waals surface area (Å²) in [6.07, 6.45) is 2.24. The van der Waals surface area contributed by atoms with Gasteiger partial charge in [0.1, 0.15) is 0 Å². The summed E-state index contributed by atoms with van der Waals surface area (Å²) in [7, 11) is 0. The summed E-state index contributed by atoms with van der Waals surface area (Å²) < 4.78 is 4.92. The van der Waals surface area contributed by atoms with E-state index in [1.807, 2.05) is 6.92 Å². The van der Waals surface area contributed by atoms with Crippen molar-refractivity contribution in [3.05, 3.63) is 23.3 Å². The fraction of sp³-hybridized carbons (Fsp3) is 0.538. The lowest BCUT2D eigenvalue weighted by atomic mass is 10.1. The molecule has 0 aliphatic rings. The highest BCUT2D eigenvalue weighted by molar-refractivity contribution is 5.87. The van der Waals surface area contributed by atoms with E-state index < -0.39 is 5.97 Å². The normalized spacial score (nSPS) is 11.7. The summed E-state index contributed by atoms with van der Waals surface area (Å²) in [5, 5.41) is 8.75. The summed E-state index contributed by atoms with van der Waals surface area (Å²) in [6, 6.07) is 0. The van der Waals surface area contributed by atoms with E-state index in [1.54, 1.807) is 13.8 Å². The minimum Gasteiger partial charge on any atom is -0.478 e. The topological polar surface area (TPSA) is 63.6 Å². The molecule has 0 spiro atoms. The van der Waals surface area contributed by atoms with Crippen LogP contribution in [0.2, 0.25) is 0 Å². The molecule has 96 valence electrons. The van der Waals surface area contributed by atoms with Crippen LogP contribution >= 0.6 is 0 Å². The van der Waals surface area contributed by atoms with Gasteiger partial charge in [-0.25, -0.2) is 9.59 Å². The predicted molar refractivity (Wildman–Crippen MR) is 65.6 cm³/mol. The van der Waals surface area contributed by atoms with Crippen molar-refractivity contribution in [2.24, 2.45) is 0 Å². The Balaban J connectivity index is 3.80. The first-order valence-corrected chi connectivity index (χ1v) is 5.58. The Morgan fingerprint density at radius 2 is 1.76 bits per heavy atom. The van der Waals surface area contributed by atoms with Crippen molar-refractivity contribution in [2.75, 3.05) is 6.61 Å². The van der Waals surface area contributed by atoms with Crippen LogP contribution < -0.4 is 0 Å². The molecule has 0 heterocycles. The first-order valence-electron chi connectivity index (χ1n) is 5.58. The summed E-state index contributed by atoms with van der Waals surface area (Å²) >= 11 is 0. The minimum atomic E-state index is -0.879. The molecule has 0 aliphatic carbocycles. The average molecular weight is 240 g/mol. The molecule has 0 amide bonds. The molecule has 0 aliphatic heterocycles. The highest BCUT2D eigenvalue weighted by Crippen LogP contribution is 2.12. The van der Waals surface area contributed by atoms with Gasteiger partial charge in [-0.2, -0.15) is 0 Å². The Kier molecular flexibility index (Phi) is 6.94. The van der Waals surface area contributed by atoms with Crippen LogP contribution in [0.1, 0.15) is 40.0 Å². The number of hydrogen-bond acceptors (Lipinski definition) is 3. The summed E-state index contributed by atoms with van der Waals surface area (Å²) in [5.41, 5.74) is 1.65. The van der Waals surface area contributed by atoms with E-state index in [9.17, 15) is 9.59 Å². The van der Waals surface area contributed by atoms with Gasteiger partial charge in [0.15, 0.2) is 0 Å². The molecule has 0 rings (SSSR count). The number of carbonyl (C=O) groups excluding carboxylic acids is 1. The molecule has 0 atom stereocenters. The quantitative estimate of drug-likeness (QED) is 0.422. The van der Waals surface area contributed by atoms with Crippen LogP contribution in [0.4, 0.5) is 0 Å². The zero-order chi connectivity index (χ0) is 13.4. The second kappa shape index (κ2) is 7.65. The number of carboxylic acid groups (broad SMARTS) is 1. The third-order valence-electron chi connectivity index (χ3n) is 2.49. The van der Waals surface area contributed by atoms with E-state index in [2.05, 4.69) is 6.58 Å². The Hall–Kier alpha value is -1.58. The van der Waals surface area contributed by atoms with E-state index in [-0.39, 0.29) is 5.97 Å². The maximum Gasteiger partial charge on any atom is 0.333 e. The molecule has 0 aromatic carbocycles. The van der Waals surface area contributed by atoms with Gasteiger partial charge in [0, 0.05) is 11.1 Å². The van der Waals surface area contributed by atoms with Gasteiger partial charge in [0.2, 0.25) is 0 Å². The molecule has 0 saturated heterocycles. The Bertz CT molecular complexity index is 339. The zero-order valence-corrected chi connectivity index (χ0v) is 10.7. The van der Waals surface area contributed by atoms with Gasteiger partial charge in [0.25, 0.3) is 0 Å². The van der Waals surface area contributed by atoms with E-state index in [0.29, 0.717) is 24.2 Å². The largest absolute Gasteiger partial charge is 0.478 e. The van der Waals surface area contributed by atoms with Gasteiger partial charge >= 0.3 is 11.9 Å². The highest BCUT2D eigenvalue weighted by atomic mass is 16.5. The molecule has 1 N–H and O–H groups in total. The monoisotopic (exact) mass is 240 g/mol. The smallest absolute Gasteiger partial charge is 0.333 e. The first kappa shape index (κ1) is 15.4. The number of allylic oxidation sites excluding steroid dienone is 1. The van der Waals surface area contributed by atoms with Crippen LogP contribution in [0.15, 0.2) is 23.3 Å². The number of ether oxygens (including phenoxy) is 1. The van der Waals surface area contributed by atoms with Crippen LogP contribution in [-0.2, 0) is 14.3 Å². The minimum absolute atomic E-state index is 0.352. The lowest BCUT2D eigenvalue weighted by molar-refractivity contribution is -0.139. The number of aliphatic carboxylic acids is 1. The number of esters is 1. The zero-order valence-electron chi connectivity index (χ0n) is 10.7. The second-order valence-electron chi connectivity index (χ2n) is 4.08. The van der Waals surface area contributed by atoms with Gasteiger partial charge in [-0.3, -0.25) is 0 Å². The molecule has 4 nitrogen and oxygen atoms in total. The van der Waals surface area contributed by atoms with Crippen molar-refractivity contribution in [3.8, 4) is 0 Å². The van der Waals surface area contributed by atoms with Gasteiger partial charge in [-0.1, -0.05) is 12.2 Å². The number of hydrogen-bond donors (Lipinski definition) is 1. The van der Waals surface area contributed by atoms with Gasteiger partial charge in [-0.05, 0) is 40.0 Å². The molecule has 0 radical (unpaired) electrons. The van der Waals surface area contributed by atoms with Crippen LogP contribution in [0.25, 0.3) is 0 Å². The Morgan fingerprint density at radius 3 is 2.24 bits per heavy atom. The molecular weight excluding hydrogens is 220 g/mol. The van der Waals surface area contributed by atoms with Gasteiger partial charge in [-0.15, -0.1) is 0 Å². The Labute approximate surface area is 102 Å². The van der Waals surface area contributed by atoms with Crippen LogP contribution in [-0.4, -0.2) is 23.7 Å². The SMILES string of the molecule is C=C(C)C(=O)OCCCCC(C)=C(C)C(=O)O. The molecule has 17 heavy (non-hydrogen) atoms. The first-order chi connectivity index (χ1) is 7.86. The van der Waals surface area contributed by atoms with Crippen molar-refractivity contribution in [1.82, 2.24) is 0 Å². The third kappa shape index (κ3) is 6.56. The predicted octanol–water partition coefficient (Wildman–Crippen LogP) is 2.70. The molecule has 0 unspecified atom stereocenters. The molecule has 0 aromatic heterocycles. The van der Waals surface area contributed by atoms with Gasteiger partial charge < -0.3 is 9.84 Å². The van der Waals surface area contributed by atoms with Crippen molar-refractivity contribution >= 4 is 11.9 Å². The van der Waals surface area contributed by atoms with E-state index in [1.165, 1.54) is 0 Å². The fourth-order valence-corrected chi connectivity index (χ4v) is 1.15. The Morgan fingerprint density at radius 1 is 1.18 bits per heavy atom. The molecule has 0 fully saturated rings. The number of carbonyl (C=O) groups is 2. The van der Waals surface area contributed by atoms with E-state index in [4.69, 9.17) is 9.84 Å². The lowest BCUT2D eigenvalue weighted by Gasteiger charge is -2.05. The number of rotatable bonds is 7. The summed E-state index contributed by atoms with van der Waals surface area (Å²) in [6.45, 7) is 8.84. The number of unbranched alkanes of at least 4 members (excludes halogenated alkanes) is 1. The van der Waals surface area contributed by atoms with E-state index in [0.717, 1.165) is 18.4 Å². The highest BCUT2D eigenvalue weighted by Gasteiger charge is 2.05. The standard InChI is InChI=1S/C13H20O4/c1-9(2)13(16)17-8-6-5-7-10(3)11(4)12(14)15/h1,5-8H2,2-4H3,(H,14,15). The maximum absolute atomic E-state index is 11.0. The van der Waals surface area contributed by atoms with Crippen molar-refractivity contribution in [1.29, 1.82) is 0 Å². The van der Waals surface area contributed by atoms with Crippen LogP contribution in [0.5, 0.6) is 0 Å². The second-order valence-corrected chi connectivity index (χ2v) is 4.08. The molecular formula is C13H20O4.